The highest BCUT2D eigenvalue weighted by atomic mass is 32.1. The van der Waals surface area contributed by atoms with Crippen LogP contribution < -0.4 is 5.32 Å². The van der Waals surface area contributed by atoms with E-state index in [0.29, 0.717) is 22.8 Å². The SMILES string of the molecule is CC(=O)c1ccc(C(=O)NCc2cn(Cc3ccccc3)nc2-c2ccccc2)s1. The van der Waals surface area contributed by atoms with Crippen molar-refractivity contribution in [2.75, 3.05) is 0 Å². The van der Waals surface area contributed by atoms with Crippen LogP contribution >= 0.6 is 11.3 Å². The summed E-state index contributed by atoms with van der Waals surface area (Å²) in [4.78, 5) is 25.2. The highest BCUT2D eigenvalue weighted by Gasteiger charge is 2.15. The molecule has 0 radical (unpaired) electrons. The lowest BCUT2D eigenvalue weighted by atomic mass is 10.1. The van der Waals surface area contributed by atoms with Gasteiger partial charge in [-0.2, -0.15) is 5.10 Å². The standard InChI is InChI=1S/C24H21N3O2S/c1-17(28)21-12-13-22(30-21)24(29)25-14-20-16-27(15-18-8-4-2-5-9-18)26-23(20)19-10-6-3-7-11-19/h2-13,16H,14-15H2,1H3,(H,25,29). The number of amides is 1. The number of carbonyl (C=O) groups is 2. The molecule has 5 nitrogen and oxygen atoms in total. The van der Waals surface area contributed by atoms with Crippen LogP contribution in [-0.2, 0) is 13.1 Å². The number of benzene rings is 2. The van der Waals surface area contributed by atoms with E-state index in [2.05, 4.69) is 17.4 Å². The predicted octanol–water partition coefficient (Wildman–Crippen LogP) is 4.79. The highest BCUT2D eigenvalue weighted by molar-refractivity contribution is 7.15. The van der Waals surface area contributed by atoms with Gasteiger partial charge in [0, 0.05) is 23.9 Å². The normalized spacial score (nSPS) is 10.7. The summed E-state index contributed by atoms with van der Waals surface area (Å²) >= 11 is 1.21. The molecule has 0 atom stereocenters. The average Bonchev–Trinajstić information content (AvgIpc) is 3.41. The van der Waals surface area contributed by atoms with Crippen molar-refractivity contribution in [1.29, 1.82) is 0 Å². The maximum Gasteiger partial charge on any atom is 0.261 e. The van der Waals surface area contributed by atoms with Crippen molar-refractivity contribution >= 4 is 23.0 Å². The van der Waals surface area contributed by atoms with Crippen LogP contribution in [0.1, 0.15) is 37.4 Å². The molecule has 2 heterocycles. The number of aromatic nitrogens is 2. The van der Waals surface area contributed by atoms with Crippen molar-refractivity contribution in [2.45, 2.75) is 20.0 Å². The monoisotopic (exact) mass is 415 g/mol. The van der Waals surface area contributed by atoms with Crippen LogP contribution in [0.2, 0.25) is 0 Å². The maximum atomic E-state index is 12.6. The van der Waals surface area contributed by atoms with Gasteiger partial charge in [-0.25, -0.2) is 0 Å². The van der Waals surface area contributed by atoms with E-state index in [4.69, 9.17) is 5.10 Å². The zero-order valence-electron chi connectivity index (χ0n) is 16.5. The van der Waals surface area contributed by atoms with Gasteiger partial charge in [0.1, 0.15) is 0 Å². The Balaban J connectivity index is 1.56. The Kier molecular flexibility index (Phi) is 5.86. The Hall–Kier alpha value is -3.51. The van der Waals surface area contributed by atoms with Gasteiger partial charge in [-0.05, 0) is 24.6 Å². The molecule has 1 amide bonds. The second-order valence-corrected chi connectivity index (χ2v) is 8.04. The average molecular weight is 416 g/mol. The van der Waals surface area contributed by atoms with Gasteiger partial charge < -0.3 is 5.32 Å². The third kappa shape index (κ3) is 4.55. The van der Waals surface area contributed by atoms with Gasteiger partial charge in [-0.15, -0.1) is 11.3 Å². The predicted molar refractivity (Wildman–Crippen MR) is 119 cm³/mol. The number of hydrogen-bond donors (Lipinski definition) is 1. The van der Waals surface area contributed by atoms with Gasteiger partial charge in [0.15, 0.2) is 5.78 Å². The zero-order valence-corrected chi connectivity index (χ0v) is 17.4. The summed E-state index contributed by atoms with van der Waals surface area (Å²) in [7, 11) is 0. The molecule has 0 aliphatic carbocycles. The van der Waals surface area contributed by atoms with Crippen LogP contribution in [0, 0.1) is 0 Å². The summed E-state index contributed by atoms with van der Waals surface area (Å²) in [5, 5.41) is 7.74. The number of hydrogen-bond acceptors (Lipinski definition) is 4. The van der Waals surface area contributed by atoms with E-state index in [0.717, 1.165) is 22.4 Å². The minimum Gasteiger partial charge on any atom is -0.347 e. The summed E-state index contributed by atoms with van der Waals surface area (Å²) in [5.74, 6) is -0.227. The molecule has 6 heteroatoms. The molecule has 0 saturated carbocycles. The van der Waals surface area contributed by atoms with Crippen molar-refractivity contribution in [3.05, 3.63) is 99.9 Å². The largest absolute Gasteiger partial charge is 0.347 e. The van der Waals surface area contributed by atoms with Gasteiger partial charge >= 0.3 is 0 Å². The molecular weight excluding hydrogens is 394 g/mol. The highest BCUT2D eigenvalue weighted by Crippen LogP contribution is 2.23. The maximum absolute atomic E-state index is 12.6. The summed E-state index contributed by atoms with van der Waals surface area (Å²) in [6.07, 6.45) is 1.98. The molecule has 0 aliphatic rings. The Morgan fingerprint density at radius 3 is 2.27 bits per heavy atom. The molecule has 0 fully saturated rings. The Labute approximate surface area is 179 Å². The molecule has 2 aromatic carbocycles. The van der Waals surface area contributed by atoms with Crippen molar-refractivity contribution < 1.29 is 9.59 Å². The molecule has 1 N–H and O–H groups in total. The second-order valence-electron chi connectivity index (χ2n) is 6.95. The van der Waals surface area contributed by atoms with Gasteiger partial charge in [-0.3, -0.25) is 14.3 Å². The lowest BCUT2D eigenvalue weighted by molar-refractivity contribution is 0.0954. The van der Waals surface area contributed by atoms with Crippen molar-refractivity contribution in [1.82, 2.24) is 15.1 Å². The van der Waals surface area contributed by atoms with Gasteiger partial charge in [-0.1, -0.05) is 60.7 Å². The van der Waals surface area contributed by atoms with E-state index in [-0.39, 0.29) is 11.7 Å². The molecule has 0 aliphatic heterocycles. The first kappa shape index (κ1) is 19.8. The first-order valence-electron chi connectivity index (χ1n) is 9.65. The summed E-state index contributed by atoms with van der Waals surface area (Å²) < 4.78 is 1.90. The molecule has 0 bridgehead atoms. The Morgan fingerprint density at radius 2 is 1.60 bits per heavy atom. The third-order valence-corrected chi connectivity index (χ3v) is 5.87. The third-order valence-electron chi connectivity index (χ3n) is 4.69. The molecule has 2 aromatic heterocycles. The van der Waals surface area contributed by atoms with Crippen LogP contribution in [0.4, 0.5) is 0 Å². The number of nitrogens with one attached hydrogen (secondary N) is 1. The van der Waals surface area contributed by atoms with Gasteiger partial charge in [0.25, 0.3) is 5.91 Å². The van der Waals surface area contributed by atoms with Crippen LogP contribution in [0.3, 0.4) is 0 Å². The van der Waals surface area contributed by atoms with E-state index in [9.17, 15) is 9.59 Å². The number of Topliss-reactive ketones (excluding diaryl/α,β-unsaturated/α-hetero) is 1. The fraction of sp³-hybridized carbons (Fsp3) is 0.125. The lowest BCUT2D eigenvalue weighted by Crippen LogP contribution is -2.21. The summed E-state index contributed by atoms with van der Waals surface area (Å²) in [5.41, 5.74) is 3.95. The minimum absolute atomic E-state index is 0.0346. The van der Waals surface area contributed by atoms with Crippen LogP contribution in [0.5, 0.6) is 0 Å². The number of rotatable bonds is 7. The van der Waals surface area contributed by atoms with Crippen LogP contribution in [-0.4, -0.2) is 21.5 Å². The summed E-state index contributed by atoms with van der Waals surface area (Å²) in [6, 6.07) is 23.5. The molecule has 4 rings (SSSR count). The molecule has 0 saturated heterocycles. The molecule has 0 unspecified atom stereocenters. The van der Waals surface area contributed by atoms with E-state index in [1.54, 1.807) is 12.1 Å². The first-order valence-corrected chi connectivity index (χ1v) is 10.5. The number of thiophene rings is 1. The smallest absolute Gasteiger partial charge is 0.261 e. The number of carbonyl (C=O) groups excluding carboxylic acids is 2. The van der Waals surface area contributed by atoms with E-state index in [1.807, 2.05) is 59.4 Å². The second kappa shape index (κ2) is 8.88. The first-order chi connectivity index (χ1) is 14.6. The topological polar surface area (TPSA) is 64.0 Å². The molecule has 150 valence electrons. The summed E-state index contributed by atoms with van der Waals surface area (Å²) in [6.45, 7) is 2.51. The quantitative estimate of drug-likeness (QED) is 0.441. The minimum atomic E-state index is -0.192. The van der Waals surface area contributed by atoms with Crippen molar-refractivity contribution in [3.8, 4) is 11.3 Å². The molecule has 30 heavy (non-hydrogen) atoms. The fourth-order valence-electron chi connectivity index (χ4n) is 3.19. The van der Waals surface area contributed by atoms with E-state index >= 15 is 0 Å². The van der Waals surface area contributed by atoms with Gasteiger partial charge in [0.05, 0.1) is 22.0 Å². The van der Waals surface area contributed by atoms with E-state index in [1.165, 1.54) is 18.3 Å². The van der Waals surface area contributed by atoms with Crippen LogP contribution in [0.15, 0.2) is 79.0 Å². The van der Waals surface area contributed by atoms with Crippen molar-refractivity contribution in [3.63, 3.8) is 0 Å². The Bertz CT molecular complexity index is 1160. The van der Waals surface area contributed by atoms with Crippen molar-refractivity contribution in [2.24, 2.45) is 0 Å². The lowest BCUT2D eigenvalue weighted by Gasteiger charge is -2.04. The van der Waals surface area contributed by atoms with Crippen LogP contribution in [0.25, 0.3) is 11.3 Å². The fourth-order valence-corrected chi connectivity index (χ4v) is 4.01. The molecule has 4 aromatic rings. The zero-order chi connectivity index (χ0) is 20.9. The Morgan fingerprint density at radius 1 is 0.933 bits per heavy atom. The molecule has 0 spiro atoms. The van der Waals surface area contributed by atoms with E-state index < -0.39 is 0 Å². The van der Waals surface area contributed by atoms with Gasteiger partial charge in [0.2, 0.25) is 0 Å². The number of nitrogens with zero attached hydrogens (tertiary/aromatic N) is 2. The number of ketones is 1. The molecular formula is C24H21N3O2S.